The van der Waals surface area contributed by atoms with Crippen LogP contribution in [-0.2, 0) is 4.74 Å². The number of unbranched alkanes of at least 4 members (excludes halogenated alkanes) is 7. The fourth-order valence-electron chi connectivity index (χ4n) is 1.86. The lowest BCUT2D eigenvalue weighted by molar-refractivity contribution is 0.192. The van der Waals surface area contributed by atoms with Gasteiger partial charge >= 0.3 is 0 Å². The number of methoxy groups -OCH3 is 1. The van der Waals surface area contributed by atoms with E-state index in [-0.39, 0.29) is 0 Å². The van der Waals surface area contributed by atoms with Crippen LogP contribution in [0.25, 0.3) is 0 Å². The van der Waals surface area contributed by atoms with Crippen molar-refractivity contribution in [1.82, 2.24) is 0 Å². The minimum atomic E-state index is 0.888. The summed E-state index contributed by atoms with van der Waals surface area (Å²) in [5.41, 5.74) is 0. The molecule has 0 spiro atoms. The molecular weight excluding hydrogens is 184 g/mol. The van der Waals surface area contributed by atoms with Crippen molar-refractivity contribution in [3.8, 4) is 0 Å². The predicted molar refractivity (Wildman–Crippen MR) is 68.3 cm³/mol. The molecule has 1 heteroatoms. The Hall–Kier alpha value is -0.0400. The maximum atomic E-state index is 5.02. The van der Waals surface area contributed by atoms with Crippen LogP contribution in [0.3, 0.4) is 0 Å². The van der Waals surface area contributed by atoms with Crippen molar-refractivity contribution < 1.29 is 4.74 Å². The van der Waals surface area contributed by atoms with Gasteiger partial charge in [0.05, 0.1) is 0 Å². The van der Waals surface area contributed by atoms with E-state index in [0.717, 1.165) is 12.5 Å². The van der Waals surface area contributed by atoms with Crippen molar-refractivity contribution in [2.75, 3.05) is 13.7 Å². The maximum Gasteiger partial charge on any atom is 0.0462 e. The number of hydrogen-bond donors (Lipinski definition) is 0. The zero-order valence-electron chi connectivity index (χ0n) is 11.1. The summed E-state index contributed by atoms with van der Waals surface area (Å²) in [6, 6.07) is 0. The second-order valence-corrected chi connectivity index (χ2v) is 5.00. The first-order valence-corrected chi connectivity index (χ1v) is 6.76. The van der Waals surface area contributed by atoms with Gasteiger partial charge < -0.3 is 4.74 Å². The molecule has 0 unspecified atom stereocenters. The molecule has 1 nitrogen and oxygen atoms in total. The largest absolute Gasteiger partial charge is 0.385 e. The molecule has 0 aliphatic heterocycles. The van der Waals surface area contributed by atoms with Crippen molar-refractivity contribution in [3.63, 3.8) is 0 Å². The summed E-state index contributed by atoms with van der Waals surface area (Å²) in [6.45, 7) is 5.57. The SMILES string of the molecule is COCCCCCCCCCCC(C)C. The lowest BCUT2D eigenvalue weighted by Gasteiger charge is -2.04. The third-order valence-corrected chi connectivity index (χ3v) is 2.88. The third-order valence-electron chi connectivity index (χ3n) is 2.88. The summed E-state index contributed by atoms with van der Waals surface area (Å²) in [6.07, 6.45) is 12.6. The van der Waals surface area contributed by atoms with E-state index in [1.54, 1.807) is 7.11 Å². The topological polar surface area (TPSA) is 9.23 Å². The smallest absolute Gasteiger partial charge is 0.0462 e. The molecule has 0 N–H and O–H groups in total. The summed E-state index contributed by atoms with van der Waals surface area (Å²) < 4.78 is 5.02. The molecule has 0 fully saturated rings. The molecule has 0 bridgehead atoms. The second kappa shape index (κ2) is 12.0. The van der Waals surface area contributed by atoms with Crippen LogP contribution in [0, 0.1) is 5.92 Å². The van der Waals surface area contributed by atoms with Gasteiger partial charge in [-0.05, 0) is 12.3 Å². The van der Waals surface area contributed by atoms with Crippen molar-refractivity contribution in [1.29, 1.82) is 0 Å². The molecule has 0 aromatic heterocycles. The van der Waals surface area contributed by atoms with Crippen LogP contribution >= 0.6 is 0 Å². The second-order valence-electron chi connectivity index (χ2n) is 5.00. The highest BCUT2D eigenvalue weighted by molar-refractivity contribution is 4.49. The molecule has 0 rings (SSSR count). The van der Waals surface area contributed by atoms with Gasteiger partial charge in [-0.2, -0.15) is 0 Å². The van der Waals surface area contributed by atoms with Crippen LogP contribution in [0.5, 0.6) is 0 Å². The van der Waals surface area contributed by atoms with E-state index in [9.17, 15) is 0 Å². The first-order valence-electron chi connectivity index (χ1n) is 6.76. The average molecular weight is 214 g/mol. The Morgan fingerprint density at radius 1 is 0.733 bits per heavy atom. The molecule has 0 radical (unpaired) electrons. The lowest BCUT2D eigenvalue weighted by atomic mass is 10.0. The van der Waals surface area contributed by atoms with Gasteiger partial charge in [-0.15, -0.1) is 0 Å². The highest BCUT2D eigenvalue weighted by atomic mass is 16.5. The Kier molecular flexibility index (Phi) is 12.0. The van der Waals surface area contributed by atoms with Crippen LogP contribution in [0.4, 0.5) is 0 Å². The molecule has 0 atom stereocenters. The van der Waals surface area contributed by atoms with Gasteiger partial charge in [0.15, 0.2) is 0 Å². The van der Waals surface area contributed by atoms with Gasteiger partial charge in [0.2, 0.25) is 0 Å². The van der Waals surface area contributed by atoms with Crippen LogP contribution in [0.2, 0.25) is 0 Å². The van der Waals surface area contributed by atoms with Crippen LogP contribution < -0.4 is 0 Å². The van der Waals surface area contributed by atoms with Gasteiger partial charge in [-0.3, -0.25) is 0 Å². The van der Waals surface area contributed by atoms with Crippen molar-refractivity contribution in [2.24, 2.45) is 5.92 Å². The first-order chi connectivity index (χ1) is 7.27. The molecule has 0 aromatic rings. The van der Waals surface area contributed by atoms with Crippen LogP contribution in [-0.4, -0.2) is 13.7 Å². The van der Waals surface area contributed by atoms with Crippen molar-refractivity contribution >= 4 is 0 Å². The zero-order chi connectivity index (χ0) is 11.4. The zero-order valence-corrected chi connectivity index (χ0v) is 11.1. The van der Waals surface area contributed by atoms with E-state index in [1.807, 2.05) is 0 Å². The van der Waals surface area contributed by atoms with E-state index in [1.165, 1.54) is 57.8 Å². The minimum Gasteiger partial charge on any atom is -0.385 e. The molecule has 0 amide bonds. The monoisotopic (exact) mass is 214 g/mol. The highest BCUT2D eigenvalue weighted by Crippen LogP contribution is 2.12. The molecular formula is C14H30O. The van der Waals surface area contributed by atoms with E-state index < -0.39 is 0 Å². The molecule has 92 valence electrons. The van der Waals surface area contributed by atoms with E-state index >= 15 is 0 Å². The molecule has 0 heterocycles. The van der Waals surface area contributed by atoms with Crippen molar-refractivity contribution in [3.05, 3.63) is 0 Å². The number of hydrogen-bond acceptors (Lipinski definition) is 1. The Bertz CT molecular complexity index is 110. The molecule has 15 heavy (non-hydrogen) atoms. The maximum absolute atomic E-state index is 5.02. The van der Waals surface area contributed by atoms with E-state index in [0.29, 0.717) is 0 Å². The third kappa shape index (κ3) is 14.0. The fourth-order valence-corrected chi connectivity index (χ4v) is 1.86. The lowest BCUT2D eigenvalue weighted by Crippen LogP contribution is -1.89. The summed E-state index contributed by atoms with van der Waals surface area (Å²) >= 11 is 0. The highest BCUT2D eigenvalue weighted by Gasteiger charge is 1.94. The standard InChI is InChI=1S/C14H30O/c1-14(2)12-10-8-6-4-5-7-9-11-13-15-3/h14H,4-13H2,1-3H3. The summed E-state index contributed by atoms with van der Waals surface area (Å²) in [4.78, 5) is 0. The fraction of sp³-hybridized carbons (Fsp3) is 1.00. The van der Waals surface area contributed by atoms with Gasteiger partial charge in [0.25, 0.3) is 0 Å². The number of ether oxygens (including phenoxy) is 1. The number of rotatable bonds is 11. The average Bonchev–Trinajstić information content (AvgIpc) is 2.20. The normalized spacial score (nSPS) is 11.2. The quantitative estimate of drug-likeness (QED) is 0.449. The first kappa shape index (κ1) is 15.0. The Morgan fingerprint density at radius 3 is 1.67 bits per heavy atom. The molecule has 0 aromatic carbocycles. The van der Waals surface area contributed by atoms with Gasteiger partial charge in [0.1, 0.15) is 0 Å². The predicted octanol–water partition coefficient (Wildman–Crippen LogP) is 4.80. The van der Waals surface area contributed by atoms with Gasteiger partial charge in [-0.25, -0.2) is 0 Å². The van der Waals surface area contributed by atoms with Crippen LogP contribution in [0.15, 0.2) is 0 Å². The summed E-state index contributed by atoms with van der Waals surface area (Å²) in [5.74, 6) is 0.888. The molecule has 0 aliphatic carbocycles. The Labute approximate surface area is 96.6 Å². The Morgan fingerprint density at radius 2 is 1.20 bits per heavy atom. The van der Waals surface area contributed by atoms with Crippen molar-refractivity contribution in [2.45, 2.75) is 71.6 Å². The molecule has 0 aliphatic rings. The van der Waals surface area contributed by atoms with Crippen LogP contribution in [0.1, 0.15) is 71.6 Å². The molecule has 0 saturated heterocycles. The van der Waals surface area contributed by atoms with Gasteiger partial charge in [0, 0.05) is 13.7 Å². The summed E-state index contributed by atoms with van der Waals surface area (Å²) in [7, 11) is 1.79. The van der Waals surface area contributed by atoms with Gasteiger partial charge in [-0.1, -0.05) is 65.2 Å². The Balaban J connectivity index is 2.87. The molecule has 0 saturated carbocycles. The minimum absolute atomic E-state index is 0.888. The van der Waals surface area contributed by atoms with E-state index in [2.05, 4.69) is 13.8 Å². The van der Waals surface area contributed by atoms with E-state index in [4.69, 9.17) is 4.74 Å². The summed E-state index contributed by atoms with van der Waals surface area (Å²) in [5, 5.41) is 0.